The maximum atomic E-state index is 12.5. The number of hydrogen-bond acceptors (Lipinski definition) is 5. The molecule has 8 heteroatoms. The highest BCUT2D eigenvalue weighted by Gasteiger charge is 2.35. The third-order valence-corrected chi connectivity index (χ3v) is 4.61. The molecular formula is C16H14BrN3O3S. The van der Waals surface area contributed by atoms with E-state index in [1.165, 1.54) is 7.11 Å². The van der Waals surface area contributed by atoms with Crippen molar-refractivity contribution in [2.75, 3.05) is 12.4 Å². The lowest BCUT2D eigenvalue weighted by Gasteiger charge is -2.28. The average Bonchev–Trinajstić information content (AvgIpc) is 2.53. The van der Waals surface area contributed by atoms with Gasteiger partial charge in [0.05, 0.1) is 24.2 Å². The van der Waals surface area contributed by atoms with Crippen LogP contribution in [0, 0.1) is 4.77 Å². The van der Waals surface area contributed by atoms with Gasteiger partial charge in [-0.3, -0.25) is 9.78 Å². The van der Waals surface area contributed by atoms with E-state index in [0.29, 0.717) is 22.7 Å². The molecule has 0 radical (unpaired) electrons. The van der Waals surface area contributed by atoms with Crippen molar-refractivity contribution >= 4 is 39.9 Å². The Bertz CT molecular complexity index is 960. The predicted octanol–water partition coefficient (Wildman–Crippen LogP) is 3.20. The Morgan fingerprint density at radius 1 is 1.25 bits per heavy atom. The van der Waals surface area contributed by atoms with Gasteiger partial charge in [-0.2, -0.15) is 0 Å². The van der Waals surface area contributed by atoms with E-state index in [9.17, 15) is 9.59 Å². The second kappa shape index (κ2) is 6.37. The molecule has 3 rings (SSSR count). The lowest BCUT2D eigenvalue weighted by molar-refractivity contribution is -0.136. The fourth-order valence-electron chi connectivity index (χ4n) is 2.86. The third-order valence-electron chi connectivity index (χ3n) is 3.88. The first-order valence-electron chi connectivity index (χ1n) is 7.10. The minimum absolute atomic E-state index is 0.218. The molecular weight excluding hydrogens is 394 g/mol. The zero-order chi connectivity index (χ0) is 17.4. The van der Waals surface area contributed by atoms with Gasteiger partial charge in [-0.1, -0.05) is 28.1 Å². The van der Waals surface area contributed by atoms with Crippen LogP contribution in [0.25, 0.3) is 0 Å². The van der Waals surface area contributed by atoms with Crippen LogP contribution in [0.1, 0.15) is 24.0 Å². The molecule has 3 N–H and O–H groups in total. The quantitative estimate of drug-likeness (QED) is 0.525. The second-order valence-electron chi connectivity index (χ2n) is 5.34. The van der Waals surface area contributed by atoms with Crippen LogP contribution in [0.4, 0.5) is 5.82 Å². The molecule has 124 valence electrons. The molecule has 0 aliphatic carbocycles. The van der Waals surface area contributed by atoms with Gasteiger partial charge in [0.1, 0.15) is 5.82 Å². The number of aromatic amines is 2. The number of benzene rings is 1. The molecule has 0 spiro atoms. The number of esters is 1. The van der Waals surface area contributed by atoms with E-state index in [4.69, 9.17) is 17.0 Å². The fraction of sp³-hybridized carbons (Fsp3) is 0.188. The molecule has 1 aliphatic rings. The number of hydrogen-bond donors (Lipinski definition) is 3. The van der Waals surface area contributed by atoms with Gasteiger partial charge in [0.25, 0.3) is 5.56 Å². The summed E-state index contributed by atoms with van der Waals surface area (Å²) in [5.41, 5.74) is 1.86. The number of halogens is 1. The summed E-state index contributed by atoms with van der Waals surface area (Å²) in [6, 6.07) is 7.45. The molecule has 1 aromatic carbocycles. The molecule has 1 unspecified atom stereocenters. The highest BCUT2D eigenvalue weighted by Crippen LogP contribution is 2.39. The van der Waals surface area contributed by atoms with Gasteiger partial charge in [0.2, 0.25) is 0 Å². The maximum absolute atomic E-state index is 12.5. The van der Waals surface area contributed by atoms with Gasteiger partial charge in [0, 0.05) is 10.2 Å². The Kier molecular flexibility index (Phi) is 4.42. The molecule has 0 bridgehead atoms. The predicted molar refractivity (Wildman–Crippen MR) is 96.6 cm³/mol. The van der Waals surface area contributed by atoms with Crippen molar-refractivity contribution < 1.29 is 9.53 Å². The zero-order valence-corrected chi connectivity index (χ0v) is 15.3. The van der Waals surface area contributed by atoms with Crippen LogP contribution in [-0.4, -0.2) is 23.0 Å². The highest BCUT2D eigenvalue weighted by molar-refractivity contribution is 9.10. The summed E-state index contributed by atoms with van der Waals surface area (Å²) in [6.45, 7) is 1.76. The molecule has 1 atom stereocenters. The first-order valence-corrected chi connectivity index (χ1v) is 8.30. The second-order valence-corrected chi connectivity index (χ2v) is 6.66. The van der Waals surface area contributed by atoms with E-state index in [2.05, 4.69) is 31.2 Å². The summed E-state index contributed by atoms with van der Waals surface area (Å²) in [4.78, 5) is 30.4. The van der Waals surface area contributed by atoms with Gasteiger partial charge in [-0.05, 0) is 36.8 Å². The summed E-state index contributed by atoms with van der Waals surface area (Å²) < 4.78 is 6.05. The van der Waals surface area contributed by atoms with Crippen LogP contribution >= 0.6 is 28.1 Å². The molecule has 0 saturated heterocycles. The standard InChI is InChI=1S/C16H14BrN3O3S/c1-7-10(15(22)23-2)11(8-3-5-9(17)6-4-8)12-13(18-7)19-16(24)20-14(12)21/h3-6,11H,1-2H3,(H3,18,19,20,21,24). The lowest BCUT2D eigenvalue weighted by atomic mass is 9.82. The fourth-order valence-corrected chi connectivity index (χ4v) is 3.31. The van der Waals surface area contributed by atoms with E-state index < -0.39 is 11.9 Å². The van der Waals surface area contributed by atoms with Gasteiger partial charge in [0.15, 0.2) is 4.77 Å². The number of H-pyrrole nitrogens is 2. The first-order chi connectivity index (χ1) is 11.4. The Morgan fingerprint density at radius 2 is 1.92 bits per heavy atom. The molecule has 0 saturated carbocycles. The van der Waals surface area contributed by atoms with E-state index in [0.717, 1.165) is 10.0 Å². The summed E-state index contributed by atoms with van der Waals surface area (Å²) in [6.07, 6.45) is 0. The Morgan fingerprint density at radius 3 is 2.54 bits per heavy atom. The van der Waals surface area contributed by atoms with E-state index in [1.807, 2.05) is 24.3 Å². The number of aromatic nitrogens is 2. The SMILES string of the molecule is COC(=O)C1=C(C)Nc2[nH]c(=S)[nH]c(=O)c2C1c1ccc(Br)cc1. The van der Waals surface area contributed by atoms with Crippen LogP contribution in [-0.2, 0) is 9.53 Å². The highest BCUT2D eigenvalue weighted by atomic mass is 79.9. The van der Waals surface area contributed by atoms with E-state index >= 15 is 0 Å². The molecule has 0 amide bonds. The largest absolute Gasteiger partial charge is 0.466 e. The smallest absolute Gasteiger partial charge is 0.336 e. The Hall–Kier alpha value is -2.19. The number of ether oxygens (including phenoxy) is 1. The van der Waals surface area contributed by atoms with Crippen molar-refractivity contribution in [3.05, 3.63) is 66.3 Å². The monoisotopic (exact) mass is 407 g/mol. The number of allylic oxidation sites excluding steroid dienone is 1. The maximum Gasteiger partial charge on any atom is 0.336 e. The molecule has 2 aromatic rings. The molecule has 2 heterocycles. The van der Waals surface area contributed by atoms with Crippen molar-refractivity contribution in [1.82, 2.24) is 9.97 Å². The summed E-state index contributed by atoms with van der Waals surface area (Å²) in [7, 11) is 1.32. The third kappa shape index (κ3) is 2.83. The Balaban J connectivity index is 2.31. The summed E-state index contributed by atoms with van der Waals surface area (Å²) in [5, 5.41) is 3.05. The first kappa shape index (κ1) is 16.7. The number of fused-ring (bicyclic) bond motifs is 1. The average molecular weight is 408 g/mol. The van der Waals surface area contributed by atoms with Crippen LogP contribution in [0.2, 0.25) is 0 Å². The van der Waals surface area contributed by atoms with Gasteiger partial charge >= 0.3 is 5.97 Å². The minimum Gasteiger partial charge on any atom is -0.466 e. The summed E-state index contributed by atoms with van der Waals surface area (Å²) >= 11 is 8.43. The number of nitrogens with one attached hydrogen (secondary N) is 3. The zero-order valence-electron chi connectivity index (χ0n) is 12.9. The number of methoxy groups -OCH3 is 1. The molecule has 24 heavy (non-hydrogen) atoms. The van der Waals surface area contributed by atoms with Crippen LogP contribution < -0.4 is 10.9 Å². The topological polar surface area (TPSA) is 87.0 Å². The lowest BCUT2D eigenvalue weighted by Crippen LogP contribution is -2.30. The molecule has 1 aromatic heterocycles. The van der Waals surface area contributed by atoms with Crippen molar-refractivity contribution in [2.24, 2.45) is 0 Å². The normalized spacial score (nSPS) is 16.4. The van der Waals surface area contributed by atoms with Gasteiger partial charge in [-0.15, -0.1) is 0 Å². The number of rotatable bonds is 2. The van der Waals surface area contributed by atoms with Crippen LogP contribution in [0.15, 0.2) is 44.8 Å². The van der Waals surface area contributed by atoms with Crippen molar-refractivity contribution in [1.29, 1.82) is 0 Å². The number of carbonyl (C=O) groups is 1. The van der Waals surface area contributed by atoms with Gasteiger partial charge < -0.3 is 15.0 Å². The summed E-state index contributed by atoms with van der Waals surface area (Å²) in [5.74, 6) is -0.556. The molecule has 0 fully saturated rings. The minimum atomic E-state index is -0.558. The molecule has 6 nitrogen and oxygen atoms in total. The van der Waals surface area contributed by atoms with Crippen LogP contribution in [0.5, 0.6) is 0 Å². The van der Waals surface area contributed by atoms with Crippen molar-refractivity contribution in [2.45, 2.75) is 12.8 Å². The number of carbonyl (C=O) groups excluding carboxylic acids is 1. The molecule has 1 aliphatic heterocycles. The van der Waals surface area contributed by atoms with Gasteiger partial charge in [-0.25, -0.2) is 4.79 Å². The van der Waals surface area contributed by atoms with Crippen molar-refractivity contribution in [3.63, 3.8) is 0 Å². The van der Waals surface area contributed by atoms with Crippen molar-refractivity contribution in [3.8, 4) is 0 Å². The van der Waals surface area contributed by atoms with E-state index in [1.54, 1.807) is 6.92 Å². The number of anilines is 1. The van der Waals surface area contributed by atoms with Crippen LogP contribution in [0.3, 0.4) is 0 Å². The van der Waals surface area contributed by atoms with E-state index in [-0.39, 0.29) is 10.3 Å². The Labute approximate surface area is 151 Å².